The van der Waals surface area contributed by atoms with Crippen molar-refractivity contribution < 1.29 is 0 Å². The number of thiophene rings is 1. The van der Waals surface area contributed by atoms with Gasteiger partial charge < -0.3 is 5.73 Å². The Morgan fingerprint density at radius 1 is 1.24 bits per heavy atom. The van der Waals surface area contributed by atoms with Gasteiger partial charge in [-0.1, -0.05) is 30.3 Å². The normalized spacial score (nSPS) is 22.3. The molecule has 2 N–H and O–H groups in total. The van der Waals surface area contributed by atoms with Crippen LogP contribution in [0.25, 0.3) is 0 Å². The molecule has 3 rings (SSSR count). The molecular weight excluding hydrogens is 344 g/mol. The SMILES string of the molecule is CC(N)C(c1ccc(Br)s1)N1CCC(c2ccccc2)C1. The van der Waals surface area contributed by atoms with Gasteiger partial charge in [0.05, 0.1) is 9.83 Å². The van der Waals surface area contributed by atoms with Crippen LogP contribution < -0.4 is 5.73 Å². The minimum absolute atomic E-state index is 0.144. The lowest BCUT2D eigenvalue weighted by atomic mass is 9.98. The highest BCUT2D eigenvalue weighted by molar-refractivity contribution is 9.11. The first-order valence-corrected chi connectivity index (χ1v) is 9.06. The predicted octanol–water partition coefficient (Wildman–Crippen LogP) is 4.39. The smallest absolute Gasteiger partial charge is 0.0702 e. The Morgan fingerprint density at radius 3 is 2.62 bits per heavy atom. The number of hydrogen-bond donors (Lipinski definition) is 1. The summed E-state index contributed by atoms with van der Waals surface area (Å²) in [5, 5.41) is 0. The van der Waals surface area contributed by atoms with Gasteiger partial charge in [-0.25, -0.2) is 0 Å². The molecule has 1 aromatic carbocycles. The maximum absolute atomic E-state index is 6.29. The highest BCUT2D eigenvalue weighted by atomic mass is 79.9. The van der Waals surface area contributed by atoms with Gasteiger partial charge in [0.25, 0.3) is 0 Å². The third kappa shape index (κ3) is 3.39. The minimum Gasteiger partial charge on any atom is -0.326 e. The molecule has 3 atom stereocenters. The summed E-state index contributed by atoms with van der Waals surface area (Å²) >= 11 is 5.37. The van der Waals surface area contributed by atoms with E-state index in [1.165, 1.54) is 20.6 Å². The van der Waals surface area contributed by atoms with Crippen molar-refractivity contribution in [2.45, 2.75) is 31.3 Å². The topological polar surface area (TPSA) is 29.3 Å². The van der Waals surface area contributed by atoms with Crippen molar-refractivity contribution in [3.05, 3.63) is 56.7 Å². The average molecular weight is 365 g/mol. The summed E-state index contributed by atoms with van der Waals surface area (Å²) in [5.41, 5.74) is 7.75. The van der Waals surface area contributed by atoms with Crippen LogP contribution in [0.15, 0.2) is 46.3 Å². The predicted molar refractivity (Wildman–Crippen MR) is 93.8 cm³/mol. The maximum Gasteiger partial charge on any atom is 0.0702 e. The highest BCUT2D eigenvalue weighted by Crippen LogP contribution is 2.37. The number of rotatable bonds is 4. The lowest BCUT2D eigenvalue weighted by molar-refractivity contribution is 0.220. The first kappa shape index (κ1) is 15.2. The van der Waals surface area contributed by atoms with Crippen LogP contribution in [-0.4, -0.2) is 24.0 Å². The van der Waals surface area contributed by atoms with Crippen LogP contribution in [-0.2, 0) is 0 Å². The molecule has 1 fully saturated rings. The Balaban J connectivity index is 1.77. The molecule has 2 heterocycles. The molecule has 0 radical (unpaired) electrons. The second kappa shape index (κ2) is 6.61. The number of hydrogen-bond acceptors (Lipinski definition) is 3. The minimum atomic E-state index is 0.144. The number of halogens is 1. The van der Waals surface area contributed by atoms with Crippen LogP contribution in [0, 0.1) is 0 Å². The van der Waals surface area contributed by atoms with Gasteiger partial charge in [-0.15, -0.1) is 11.3 Å². The zero-order valence-corrected chi connectivity index (χ0v) is 14.6. The highest BCUT2D eigenvalue weighted by Gasteiger charge is 2.32. The van der Waals surface area contributed by atoms with E-state index in [0.29, 0.717) is 12.0 Å². The second-order valence-corrected chi connectivity index (χ2v) is 8.33. The van der Waals surface area contributed by atoms with Crippen LogP contribution in [0.3, 0.4) is 0 Å². The first-order chi connectivity index (χ1) is 10.1. The van der Waals surface area contributed by atoms with Gasteiger partial charge in [-0.2, -0.15) is 0 Å². The summed E-state index contributed by atoms with van der Waals surface area (Å²) in [4.78, 5) is 3.92. The van der Waals surface area contributed by atoms with E-state index >= 15 is 0 Å². The fourth-order valence-corrected chi connectivity index (χ4v) is 4.97. The maximum atomic E-state index is 6.29. The van der Waals surface area contributed by atoms with E-state index in [0.717, 1.165) is 13.1 Å². The summed E-state index contributed by atoms with van der Waals surface area (Å²) < 4.78 is 1.18. The fraction of sp³-hybridized carbons (Fsp3) is 0.412. The van der Waals surface area contributed by atoms with Gasteiger partial charge in [0.1, 0.15) is 0 Å². The van der Waals surface area contributed by atoms with Crippen molar-refractivity contribution in [2.24, 2.45) is 5.73 Å². The zero-order chi connectivity index (χ0) is 14.8. The van der Waals surface area contributed by atoms with Crippen LogP contribution in [0.1, 0.15) is 35.7 Å². The molecule has 3 unspecified atom stereocenters. The number of benzene rings is 1. The Hall–Kier alpha value is -0.680. The van der Waals surface area contributed by atoms with E-state index < -0.39 is 0 Å². The van der Waals surface area contributed by atoms with E-state index in [1.807, 2.05) is 0 Å². The third-order valence-electron chi connectivity index (χ3n) is 4.27. The molecule has 1 aliphatic rings. The molecule has 0 aliphatic carbocycles. The fourth-order valence-electron chi connectivity index (χ4n) is 3.30. The quantitative estimate of drug-likeness (QED) is 0.871. The molecule has 0 spiro atoms. The molecule has 1 aliphatic heterocycles. The van der Waals surface area contributed by atoms with Crippen LogP contribution in [0.4, 0.5) is 0 Å². The molecule has 0 saturated carbocycles. The number of likely N-dealkylation sites (tertiary alicyclic amines) is 1. The summed E-state index contributed by atoms with van der Waals surface area (Å²) in [6.07, 6.45) is 1.22. The Morgan fingerprint density at radius 2 is 2.00 bits per heavy atom. The number of nitrogens with two attached hydrogens (primary N) is 1. The van der Waals surface area contributed by atoms with Gasteiger partial charge in [0.15, 0.2) is 0 Å². The molecule has 21 heavy (non-hydrogen) atoms. The van der Waals surface area contributed by atoms with E-state index in [9.17, 15) is 0 Å². The summed E-state index contributed by atoms with van der Waals surface area (Å²) in [6.45, 7) is 4.35. The lowest BCUT2D eigenvalue weighted by Crippen LogP contribution is -2.37. The molecule has 0 amide bonds. The lowest BCUT2D eigenvalue weighted by Gasteiger charge is -2.30. The van der Waals surface area contributed by atoms with Crippen molar-refractivity contribution in [3.63, 3.8) is 0 Å². The second-order valence-electron chi connectivity index (χ2n) is 5.84. The largest absolute Gasteiger partial charge is 0.326 e. The number of nitrogens with zero attached hydrogens (tertiary/aromatic N) is 1. The van der Waals surface area contributed by atoms with Crippen molar-refractivity contribution in [2.75, 3.05) is 13.1 Å². The molecule has 0 bridgehead atoms. The summed E-state index contributed by atoms with van der Waals surface area (Å²) in [7, 11) is 0. The van der Waals surface area contributed by atoms with Crippen LogP contribution in [0.2, 0.25) is 0 Å². The zero-order valence-electron chi connectivity index (χ0n) is 12.2. The molecule has 2 aromatic rings. The van der Waals surface area contributed by atoms with Crippen molar-refractivity contribution in [3.8, 4) is 0 Å². The first-order valence-electron chi connectivity index (χ1n) is 7.45. The standard InChI is InChI=1S/C17H21BrN2S/c1-12(19)17(15-7-8-16(18)21-15)20-10-9-14(11-20)13-5-3-2-4-6-13/h2-8,12,14,17H,9-11,19H2,1H3. The Bertz CT molecular complexity index is 581. The molecule has 112 valence electrons. The van der Waals surface area contributed by atoms with E-state index in [4.69, 9.17) is 5.73 Å². The monoisotopic (exact) mass is 364 g/mol. The van der Waals surface area contributed by atoms with E-state index in [2.05, 4.69) is 70.2 Å². The van der Waals surface area contributed by atoms with Gasteiger partial charge in [-0.3, -0.25) is 4.90 Å². The van der Waals surface area contributed by atoms with Crippen molar-refractivity contribution in [1.82, 2.24) is 4.90 Å². The average Bonchev–Trinajstić information content (AvgIpc) is 3.10. The Labute approximate surface area is 139 Å². The van der Waals surface area contributed by atoms with E-state index in [-0.39, 0.29) is 6.04 Å². The van der Waals surface area contributed by atoms with Gasteiger partial charge >= 0.3 is 0 Å². The Kier molecular flexibility index (Phi) is 4.79. The van der Waals surface area contributed by atoms with Crippen LogP contribution >= 0.6 is 27.3 Å². The molecule has 2 nitrogen and oxygen atoms in total. The van der Waals surface area contributed by atoms with E-state index in [1.54, 1.807) is 11.3 Å². The van der Waals surface area contributed by atoms with Crippen molar-refractivity contribution in [1.29, 1.82) is 0 Å². The molecule has 1 saturated heterocycles. The summed E-state index contributed by atoms with van der Waals surface area (Å²) in [6, 6.07) is 15.7. The molecule has 4 heteroatoms. The molecular formula is C17H21BrN2S. The molecule has 1 aromatic heterocycles. The van der Waals surface area contributed by atoms with Gasteiger partial charge in [0, 0.05) is 17.5 Å². The van der Waals surface area contributed by atoms with Crippen LogP contribution in [0.5, 0.6) is 0 Å². The summed E-state index contributed by atoms with van der Waals surface area (Å²) in [5.74, 6) is 0.635. The third-order valence-corrected chi connectivity index (χ3v) is 5.96. The van der Waals surface area contributed by atoms with Gasteiger partial charge in [-0.05, 0) is 59.4 Å². The van der Waals surface area contributed by atoms with Crippen molar-refractivity contribution >= 4 is 27.3 Å². The van der Waals surface area contributed by atoms with Gasteiger partial charge in [0.2, 0.25) is 0 Å².